The van der Waals surface area contributed by atoms with Gasteiger partial charge in [-0.3, -0.25) is 0 Å². The monoisotopic (exact) mass is 344 g/mol. The first-order valence-electron chi connectivity index (χ1n) is 4.73. The zero-order valence-corrected chi connectivity index (χ0v) is 11.9. The van der Waals surface area contributed by atoms with Gasteiger partial charge in [0.15, 0.2) is 0 Å². The number of hydrogen-bond acceptors (Lipinski definition) is 3. The molecule has 0 bridgehead atoms. The van der Waals surface area contributed by atoms with E-state index in [0.29, 0.717) is 17.4 Å². The van der Waals surface area contributed by atoms with Crippen molar-refractivity contribution in [1.29, 1.82) is 0 Å². The van der Waals surface area contributed by atoms with Crippen molar-refractivity contribution in [1.82, 2.24) is 4.72 Å². The predicted molar refractivity (Wildman–Crippen MR) is 68.0 cm³/mol. The Bertz CT molecular complexity index is 510. The number of benzene rings is 1. The Morgan fingerprint density at radius 1 is 1.47 bits per heavy atom. The molecule has 0 saturated carbocycles. The summed E-state index contributed by atoms with van der Waals surface area (Å²) >= 11 is 8.73. The van der Waals surface area contributed by atoms with Gasteiger partial charge in [-0.05, 0) is 41.0 Å². The fraction of sp³-hybridized carbons (Fsp3) is 0.333. The van der Waals surface area contributed by atoms with E-state index in [1.807, 2.05) is 0 Å². The lowest BCUT2D eigenvalue weighted by Gasteiger charge is -2.08. The van der Waals surface area contributed by atoms with Crippen molar-refractivity contribution in [3.63, 3.8) is 0 Å². The fourth-order valence-corrected chi connectivity index (χ4v) is 2.80. The fourth-order valence-electron chi connectivity index (χ4n) is 1.10. The van der Waals surface area contributed by atoms with Gasteiger partial charge in [0.2, 0.25) is 10.0 Å². The molecule has 0 aliphatic heterocycles. The van der Waals surface area contributed by atoms with Crippen molar-refractivity contribution in [3.8, 4) is 0 Å². The molecule has 17 heavy (non-hydrogen) atoms. The molecule has 0 spiro atoms. The zero-order valence-electron chi connectivity index (χ0n) is 8.71. The minimum Gasteiger partial charge on any atom is -0.330 e. The standard InChI is InChI=1S/C9H11BrClFN2O2S/c10-6-4-8(12)9(5-7(6)11)17(15,16)14-3-1-2-13/h4-5,14H,1-3,13H2. The third-order valence-corrected chi connectivity index (χ3v) is 4.61. The molecule has 0 heterocycles. The molecule has 4 nitrogen and oxygen atoms in total. The predicted octanol–water partition coefficient (Wildman–Crippen LogP) is 1.87. The van der Waals surface area contributed by atoms with Crippen LogP contribution in [0.4, 0.5) is 4.39 Å². The lowest BCUT2D eigenvalue weighted by molar-refractivity contribution is 0.555. The molecular weight excluding hydrogens is 335 g/mol. The van der Waals surface area contributed by atoms with Crippen molar-refractivity contribution in [2.45, 2.75) is 11.3 Å². The van der Waals surface area contributed by atoms with Crippen LogP contribution in [0.5, 0.6) is 0 Å². The maximum Gasteiger partial charge on any atom is 0.243 e. The third-order valence-electron chi connectivity index (χ3n) is 1.94. The van der Waals surface area contributed by atoms with E-state index >= 15 is 0 Å². The molecule has 0 atom stereocenters. The van der Waals surface area contributed by atoms with Gasteiger partial charge in [0.05, 0.1) is 5.02 Å². The maximum absolute atomic E-state index is 13.5. The van der Waals surface area contributed by atoms with Crippen LogP contribution in [0.3, 0.4) is 0 Å². The van der Waals surface area contributed by atoms with Gasteiger partial charge in [0.1, 0.15) is 10.7 Å². The van der Waals surface area contributed by atoms with Gasteiger partial charge < -0.3 is 5.73 Å². The molecule has 0 aliphatic carbocycles. The summed E-state index contributed by atoms with van der Waals surface area (Å²) < 4.78 is 39.5. The number of halogens is 3. The van der Waals surface area contributed by atoms with E-state index in [4.69, 9.17) is 17.3 Å². The second kappa shape index (κ2) is 6.10. The molecule has 1 aromatic rings. The van der Waals surface area contributed by atoms with E-state index in [2.05, 4.69) is 20.7 Å². The van der Waals surface area contributed by atoms with Gasteiger partial charge in [0.25, 0.3) is 0 Å². The summed E-state index contributed by atoms with van der Waals surface area (Å²) in [6, 6.07) is 2.07. The van der Waals surface area contributed by atoms with Crippen LogP contribution in [-0.4, -0.2) is 21.5 Å². The summed E-state index contributed by atoms with van der Waals surface area (Å²) in [6.07, 6.45) is 0.477. The molecule has 0 aliphatic rings. The first kappa shape index (κ1) is 14.8. The quantitative estimate of drug-likeness (QED) is 0.632. The molecular formula is C9H11BrClFN2O2S. The molecule has 0 amide bonds. The van der Waals surface area contributed by atoms with Crippen LogP contribution in [0.2, 0.25) is 5.02 Å². The third kappa shape index (κ3) is 3.89. The van der Waals surface area contributed by atoms with Gasteiger partial charge in [-0.1, -0.05) is 11.6 Å². The highest BCUT2D eigenvalue weighted by Crippen LogP contribution is 2.27. The van der Waals surface area contributed by atoms with Gasteiger partial charge >= 0.3 is 0 Å². The molecule has 1 rings (SSSR count). The largest absolute Gasteiger partial charge is 0.330 e. The Morgan fingerprint density at radius 2 is 2.12 bits per heavy atom. The number of nitrogens with one attached hydrogen (secondary N) is 1. The van der Waals surface area contributed by atoms with E-state index in [0.717, 1.165) is 12.1 Å². The molecule has 0 radical (unpaired) electrons. The van der Waals surface area contributed by atoms with Gasteiger partial charge in [0, 0.05) is 11.0 Å². The van der Waals surface area contributed by atoms with E-state index in [1.54, 1.807) is 0 Å². The molecule has 0 aromatic heterocycles. The summed E-state index contributed by atoms with van der Waals surface area (Å²) in [5.74, 6) is -0.860. The first-order valence-corrected chi connectivity index (χ1v) is 7.38. The smallest absolute Gasteiger partial charge is 0.243 e. The highest BCUT2D eigenvalue weighted by Gasteiger charge is 2.20. The van der Waals surface area contributed by atoms with Gasteiger partial charge in [-0.25, -0.2) is 17.5 Å². The highest BCUT2D eigenvalue weighted by atomic mass is 79.9. The zero-order chi connectivity index (χ0) is 13.1. The van der Waals surface area contributed by atoms with Crippen LogP contribution in [0, 0.1) is 5.82 Å². The topological polar surface area (TPSA) is 72.2 Å². The first-order chi connectivity index (χ1) is 7.88. The molecule has 1 aromatic carbocycles. The van der Waals surface area contributed by atoms with Crippen molar-refractivity contribution in [2.24, 2.45) is 5.73 Å². The Kier molecular flexibility index (Phi) is 5.33. The van der Waals surface area contributed by atoms with Crippen molar-refractivity contribution in [3.05, 3.63) is 27.4 Å². The SMILES string of the molecule is NCCCNS(=O)(=O)c1cc(Cl)c(Br)cc1F. The van der Waals surface area contributed by atoms with E-state index in [-0.39, 0.29) is 11.6 Å². The van der Waals surface area contributed by atoms with Crippen LogP contribution in [0.25, 0.3) is 0 Å². The summed E-state index contributed by atoms with van der Waals surface area (Å²) in [5.41, 5.74) is 5.23. The minimum atomic E-state index is -3.89. The van der Waals surface area contributed by atoms with Gasteiger partial charge in [-0.2, -0.15) is 0 Å². The molecule has 0 fully saturated rings. The second-order valence-corrected chi connectivity index (χ2v) is 6.23. The summed E-state index contributed by atoms with van der Waals surface area (Å²) in [7, 11) is -3.89. The second-order valence-electron chi connectivity index (χ2n) is 3.24. The summed E-state index contributed by atoms with van der Waals surface area (Å²) in [4.78, 5) is -0.470. The van der Waals surface area contributed by atoms with E-state index in [9.17, 15) is 12.8 Å². The number of hydrogen-bond donors (Lipinski definition) is 2. The Balaban J connectivity index is 3.03. The summed E-state index contributed by atoms with van der Waals surface area (Å²) in [6.45, 7) is 0.512. The normalized spacial score (nSPS) is 11.8. The average Bonchev–Trinajstić information content (AvgIpc) is 2.23. The number of rotatable bonds is 5. The molecule has 96 valence electrons. The van der Waals surface area contributed by atoms with Crippen LogP contribution in [0.15, 0.2) is 21.5 Å². The Morgan fingerprint density at radius 3 is 2.71 bits per heavy atom. The summed E-state index contributed by atoms with van der Waals surface area (Å²) in [5, 5.41) is 0.130. The van der Waals surface area contributed by atoms with E-state index < -0.39 is 20.7 Å². The molecule has 3 N–H and O–H groups in total. The lowest BCUT2D eigenvalue weighted by Crippen LogP contribution is -2.27. The van der Waals surface area contributed by atoms with Gasteiger partial charge in [-0.15, -0.1) is 0 Å². The highest BCUT2D eigenvalue weighted by molar-refractivity contribution is 9.10. The number of nitrogens with two attached hydrogens (primary N) is 1. The molecule has 8 heteroatoms. The molecule has 0 unspecified atom stereocenters. The van der Waals surface area contributed by atoms with Crippen LogP contribution in [-0.2, 0) is 10.0 Å². The van der Waals surface area contributed by atoms with Crippen molar-refractivity contribution >= 4 is 37.6 Å². The average molecular weight is 346 g/mol. The molecule has 0 saturated heterocycles. The Hall–Kier alpha value is -0.210. The number of sulfonamides is 1. The van der Waals surface area contributed by atoms with Crippen LogP contribution >= 0.6 is 27.5 Å². The van der Waals surface area contributed by atoms with Crippen molar-refractivity contribution in [2.75, 3.05) is 13.1 Å². The Labute approximate surface area is 113 Å². The van der Waals surface area contributed by atoms with Crippen LogP contribution < -0.4 is 10.5 Å². The lowest BCUT2D eigenvalue weighted by atomic mass is 10.3. The van der Waals surface area contributed by atoms with E-state index in [1.165, 1.54) is 0 Å². The maximum atomic E-state index is 13.5. The minimum absolute atomic E-state index is 0.130. The van der Waals surface area contributed by atoms with Crippen molar-refractivity contribution < 1.29 is 12.8 Å². The van der Waals surface area contributed by atoms with Crippen LogP contribution in [0.1, 0.15) is 6.42 Å².